The summed E-state index contributed by atoms with van der Waals surface area (Å²) in [6.45, 7) is 9.81. The molecule has 0 atom stereocenters. The van der Waals surface area contributed by atoms with Gasteiger partial charge in [-0.3, -0.25) is 9.89 Å². The maximum atomic E-state index is 5.76. The highest BCUT2D eigenvalue weighted by Crippen LogP contribution is 2.19. The summed E-state index contributed by atoms with van der Waals surface area (Å²) in [6, 6.07) is 8.14. The van der Waals surface area contributed by atoms with Crippen LogP contribution in [0.4, 0.5) is 0 Å². The Morgan fingerprint density at radius 1 is 1.23 bits per heavy atom. The lowest BCUT2D eigenvalue weighted by molar-refractivity contribution is 0.176. The summed E-state index contributed by atoms with van der Waals surface area (Å²) in [6.07, 6.45) is 3.46. The number of nitrogens with zero attached hydrogens (tertiary/aromatic N) is 3. The molecule has 0 unspecified atom stereocenters. The Morgan fingerprint density at radius 3 is 2.61 bits per heavy atom. The van der Waals surface area contributed by atoms with Gasteiger partial charge in [0.15, 0.2) is 5.96 Å². The Labute approximate surface area is 207 Å². The highest BCUT2D eigenvalue weighted by atomic mass is 127. The number of halogens is 1. The number of nitrogens with one attached hydrogen (secondary N) is 2. The summed E-state index contributed by atoms with van der Waals surface area (Å²) in [5, 5.41) is 10.3. The lowest BCUT2D eigenvalue weighted by atomic mass is 9.97. The highest BCUT2D eigenvalue weighted by molar-refractivity contribution is 14.0. The van der Waals surface area contributed by atoms with Crippen LogP contribution in [0.5, 0.6) is 5.75 Å². The van der Waals surface area contributed by atoms with Crippen LogP contribution in [0.1, 0.15) is 36.0 Å². The Morgan fingerprint density at radius 2 is 1.97 bits per heavy atom. The maximum Gasteiger partial charge on any atom is 0.191 e. The third-order valence-electron chi connectivity index (χ3n) is 5.46. The van der Waals surface area contributed by atoms with Crippen LogP contribution in [-0.2, 0) is 13.0 Å². The molecule has 2 N–H and O–H groups in total. The number of hydrogen-bond donors (Lipinski definition) is 2. The molecule has 1 aromatic heterocycles. The average molecular weight is 558 g/mol. The Kier molecular flexibility index (Phi) is 11.6. The van der Waals surface area contributed by atoms with Gasteiger partial charge in [0.05, 0.1) is 17.2 Å². The van der Waals surface area contributed by atoms with Gasteiger partial charge in [-0.2, -0.15) is 0 Å². The van der Waals surface area contributed by atoms with Gasteiger partial charge in [-0.25, -0.2) is 4.98 Å². The van der Waals surface area contributed by atoms with Crippen LogP contribution < -0.4 is 15.4 Å². The van der Waals surface area contributed by atoms with E-state index in [2.05, 4.69) is 51.9 Å². The van der Waals surface area contributed by atoms with E-state index in [-0.39, 0.29) is 24.0 Å². The molecule has 2 aromatic rings. The van der Waals surface area contributed by atoms with Gasteiger partial charge in [0.2, 0.25) is 0 Å². The predicted molar refractivity (Wildman–Crippen MR) is 141 cm³/mol. The molecule has 1 aromatic carbocycles. The van der Waals surface area contributed by atoms with Gasteiger partial charge in [0.25, 0.3) is 0 Å². The number of aromatic nitrogens is 1. The Bertz CT molecular complexity index is 788. The molecule has 8 heteroatoms. The van der Waals surface area contributed by atoms with Gasteiger partial charge < -0.3 is 15.4 Å². The summed E-state index contributed by atoms with van der Waals surface area (Å²) < 4.78 is 5.76. The summed E-state index contributed by atoms with van der Waals surface area (Å²) in [7, 11) is 1.82. The topological polar surface area (TPSA) is 61.8 Å². The monoisotopic (exact) mass is 557 g/mol. The van der Waals surface area contributed by atoms with E-state index in [9.17, 15) is 0 Å². The number of aryl methyl sites for hydroxylation is 2. The zero-order chi connectivity index (χ0) is 21.2. The molecule has 0 bridgehead atoms. The van der Waals surface area contributed by atoms with Crippen molar-refractivity contribution in [1.82, 2.24) is 20.5 Å². The third-order valence-corrected chi connectivity index (χ3v) is 6.50. The zero-order valence-electron chi connectivity index (χ0n) is 18.9. The number of guanidine groups is 1. The van der Waals surface area contributed by atoms with Gasteiger partial charge in [-0.15, -0.1) is 35.3 Å². The number of piperidine rings is 1. The second kappa shape index (κ2) is 13.9. The molecule has 3 rings (SSSR count). The molecule has 0 radical (unpaired) electrons. The first-order valence-corrected chi connectivity index (χ1v) is 11.8. The van der Waals surface area contributed by atoms with Crippen LogP contribution in [0.3, 0.4) is 0 Å². The maximum absolute atomic E-state index is 5.76. The van der Waals surface area contributed by atoms with Crippen LogP contribution in [0, 0.1) is 12.8 Å². The molecule has 2 heterocycles. The van der Waals surface area contributed by atoms with Crippen LogP contribution in [0.25, 0.3) is 0 Å². The summed E-state index contributed by atoms with van der Waals surface area (Å²) in [4.78, 5) is 11.6. The molecule has 0 aliphatic carbocycles. The fourth-order valence-electron chi connectivity index (χ4n) is 3.60. The molecule has 1 aliphatic heterocycles. The summed E-state index contributed by atoms with van der Waals surface area (Å²) in [5.74, 6) is 2.44. The van der Waals surface area contributed by atoms with Gasteiger partial charge in [0, 0.05) is 25.5 Å². The van der Waals surface area contributed by atoms with E-state index < -0.39 is 0 Å². The molecule has 0 spiro atoms. The second-order valence-electron chi connectivity index (χ2n) is 7.85. The molecule has 1 fully saturated rings. The normalized spacial score (nSPS) is 15.4. The van der Waals surface area contributed by atoms with E-state index in [0.717, 1.165) is 50.9 Å². The first-order valence-electron chi connectivity index (χ1n) is 11.0. The molecule has 0 amide bonds. The van der Waals surface area contributed by atoms with E-state index in [1.165, 1.54) is 29.1 Å². The number of aliphatic imine (C=N–C) groups is 1. The van der Waals surface area contributed by atoms with Crippen molar-refractivity contribution >= 4 is 41.3 Å². The van der Waals surface area contributed by atoms with Crippen molar-refractivity contribution in [3.8, 4) is 5.75 Å². The van der Waals surface area contributed by atoms with E-state index in [4.69, 9.17) is 9.72 Å². The molecule has 1 saturated heterocycles. The standard InChI is InChI=1S/C23H35N5OS.HI/c1-4-22-27-20(17-30-22)16-28-12-9-19(10-13-28)15-26-23(24-3)25-11-14-29-21-7-5-18(2)6-8-21;/h5-8,17,19H,4,9-16H2,1-3H3,(H2,24,25,26);1H. The number of rotatable bonds is 9. The van der Waals surface area contributed by atoms with Crippen molar-refractivity contribution in [2.45, 2.75) is 39.7 Å². The molecule has 172 valence electrons. The first-order chi connectivity index (χ1) is 14.7. The Balaban J connectivity index is 0.00000341. The SMILES string of the molecule is CCc1nc(CN2CCC(CNC(=NC)NCCOc3ccc(C)cc3)CC2)cs1.I. The highest BCUT2D eigenvalue weighted by Gasteiger charge is 2.20. The van der Waals surface area contributed by atoms with Crippen LogP contribution in [0.15, 0.2) is 34.6 Å². The van der Waals surface area contributed by atoms with Gasteiger partial charge in [0.1, 0.15) is 12.4 Å². The summed E-state index contributed by atoms with van der Waals surface area (Å²) >= 11 is 1.78. The average Bonchev–Trinajstić information content (AvgIpc) is 3.23. The first kappa shape index (κ1) is 25.9. The number of hydrogen-bond acceptors (Lipinski definition) is 5. The quantitative estimate of drug-likeness (QED) is 0.211. The number of likely N-dealkylation sites (tertiary alicyclic amines) is 1. The van der Waals surface area contributed by atoms with E-state index in [0.29, 0.717) is 12.5 Å². The van der Waals surface area contributed by atoms with Crippen molar-refractivity contribution in [1.29, 1.82) is 0 Å². The smallest absolute Gasteiger partial charge is 0.191 e. The molecule has 6 nitrogen and oxygen atoms in total. The van der Waals surface area contributed by atoms with E-state index in [1.54, 1.807) is 11.3 Å². The van der Waals surface area contributed by atoms with Gasteiger partial charge in [-0.1, -0.05) is 24.6 Å². The van der Waals surface area contributed by atoms with E-state index >= 15 is 0 Å². The van der Waals surface area contributed by atoms with Crippen molar-refractivity contribution in [2.24, 2.45) is 10.9 Å². The molecule has 31 heavy (non-hydrogen) atoms. The van der Waals surface area contributed by atoms with Crippen molar-refractivity contribution in [3.05, 3.63) is 45.9 Å². The third kappa shape index (κ3) is 8.94. The molecule has 0 saturated carbocycles. The molecular formula is C23H36IN5OS. The van der Waals surface area contributed by atoms with Gasteiger partial charge in [-0.05, 0) is 57.3 Å². The zero-order valence-corrected chi connectivity index (χ0v) is 22.0. The second-order valence-corrected chi connectivity index (χ2v) is 8.79. The van der Waals surface area contributed by atoms with Crippen LogP contribution in [-0.4, -0.2) is 55.7 Å². The van der Waals surface area contributed by atoms with Crippen molar-refractivity contribution < 1.29 is 4.74 Å². The minimum atomic E-state index is 0. The fourth-order valence-corrected chi connectivity index (χ4v) is 4.33. The minimum Gasteiger partial charge on any atom is -0.492 e. The van der Waals surface area contributed by atoms with Crippen molar-refractivity contribution in [3.63, 3.8) is 0 Å². The molecular weight excluding hydrogens is 521 g/mol. The van der Waals surface area contributed by atoms with E-state index in [1.807, 2.05) is 19.2 Å². The van der Waals surface area contributed by atoms with Crippen molar-refractivity contribution in [2.75, 3.05) is 39.8 Å². The Hall–Kier alpha value is -1.39. The van der Waals surface area contributed by atoms with Gasteiger partial charge >= 0.3 is 0 Å². The predicted octanol–water partition coefficient (Wildman–Crippen LogP) is 4.09. The van der Waals surface area contributed by atoms with Crippen LogP contribution in [0.2, 0.25) is 0 Å². The summed E-state index contributed by atoms with van der Waals surface area (Å²) in [5.41, 5.74) is 2.47. The lowest BCUT2D eigenvalue weighted by Crippen LogP contribution is -2.43. The number of ether oxygens (including phenoxy) is 1. The largest absolute Gasteiger partial charge is 0.492 e. The minimum absolute atomic E-state index is 0. The molecule has 1 aliphatic rings. The van der Waals surface area contributed by atoms with Crippen LogP contribution >= 0.6 is 35.3 Å². The fraction of sp³-hybridized carbons (Fsp3) is 0.565. The number of benzene rings is 1. The number of thiazole rings is 1. The lowest BCUT2D eigenvalue weighted by Gasteiger charge is -2.31.